The van der Waals surface area contributed by atoms with Gasteiger partial charge in [-0.2, -0.15) is 4.31 Å². The highest BCUT2D eigenvalue weighted by molar-refractivity contribution is 9.10. The van der Waals surface area contributed by atoms with Crippen molar-refractivity contribution in [2.24, 2.45) is 17.3 Å². The van der Waals surface area contributed by atoms with Crippen LogP contribution < -0.4 is 0 Å². The predicted molar refractivity (Wildman–Crippen MR) is 80.3 cm³/mol. The lowest BCUT2D eigenvalue weighted by atomic mass is 10.1. The van der Waals surface area contributed by atoms with Crippen molar-refractivity contribution in [3.63, 3.8) is 0 Å². The fourth-order valence-corrected chi connectivity index (χ4v) is 5.76. The van der Waals surface area contributed by atoms with Crippen LogP contribution in [0, 0.1) is 27.4 Å². The van der Waals surface area contributed by atoms with Gasteiger partial charge in [-0.05, 0) is 39.2 Å². The Morgan fingerprint density at radius 3 is 2.38 bits per heavy atom. The Labute approximate surface area is 131 Å². The summed E-state index contributed by atoms with van der Waals surface area (Å²) in [6, 6.07) is 3.75. The Kier molecular flexibility index (Phi) is 3.20. The first-order chi connectivity index (χ1) is 9.65. The quantitative estimate of drug-likeness (QED) is 0.601. The Bertz CT molecular complexity index is 718. The minimum atomic E-state index is -3.60. The van der Waals surface area contributed by atoms with E-state index in [1.807, 2.05) is 0 Å². The second-order valence-electron chi connectivity index (χ2n) is 6.23. The number of benzene rings is 1. The highest BCUT2D eigenvalue weighted by atomic mass is 79.9. The molecule has 21 heavy (non-hydrogen) atoms. The molecule has 1 saturated heterocycles. The molecule has 1 saturated carbocycles. The van der Waals surface area contributed by atoms with Crippen molar-refractivity contribution in [2.45, 2.75) is 18.7 Å². The molecule has 3 rings (SSSR count). The summed E-state index contributed by atoms with van der Waals surface area (Å²) in [5.74, 6) is 0.841. The third-order valence-corrected chi connectivity index (χ3v) is 7.64. The molecule has 0 bridgehead atoms. The molecular formula is C13H15BrN2O4S. The third-order valence-electron chi connectivity index (χ3n) is 4.83. The van der Waals surface area contributed by atoms with Gasteiger partial charge in [0.25, 0.3) is 5.69 Å². The van der Waals surface area contributed by atoms with E-state index in [2.05, 4.69) is 29.8 Å². The van der Waals surface area contributed by atoms with Gasteiger partial charge in [0.15, 0.2) is 0 Å². The van der Waals surface area contributed by atoms with Crippen molar-refractivity contribution in [1.29, 1.82) is 0 Å². The maximum atomic E-state index is 12.6. The summed E-state index contributed by atoms with van der Waals surface area (Å²) >= 11 is 3.14. The lowest BCUT2D eigenvalue weighted by Gasteiger charge is -2.22. The Morgan fingerprint density at radius 2 is 1.90 bits per heavy atom. The summed E-state index contributed by atoms with van der Waals surface area (Å²) in [5, 5.41) is 10.7. The molecule has 1 aliphatic heterocycles. The van der Waals surface area contributed by atoms with E-state index in [4.69, 9.17) is 0 Å². The predicted octanol–water partition coefficient (Wildman–Crippen LogP) is 2.63. The number of rotatable bonds is 3. The van der Waals surface area contributed by atoms with Crippen LogP contribution >= 0.6 is 15.9 Å². The number of sulfonamides is 1. The molecule has 6 nitrogen and oxygen atoms in total. The average molecular weight is 375 g/mol. The molecule has 1 heterocycles. The molecule has 2 atom stereocenters. The van der Waals surface area contributed by atoms with Crippen LogP contribution in [0.25, 0.3) is 0 Å². The number of hydrogen-bond donors (Lipinski definition) is 0. The number of piperidine rings is 1. The third kappa shape index (κ3) is 2.20. The zero-order chi connectivity index (χ0) is 15.6. The van der Waals surface area contributed by atoms with Gasteiger partial charge in [-0.25, -0.2) is 8.42 Å². The molecule has 1 aromatic carbocycles. The Balaban J connectivity index is 1.88. The zero-order valence-corrected chi connectivity index (χ0v) is 14.0. The normalized spacial score (nSPS) is 27.4. The van der Waals surface area contributed by atoms with Gasteiger partial charge in [0, 0.05) is 29.7 Å². The molecule has 0 radical (unpaired) electrons. The number of halogens is 1. The second-order valence-corrected chi connectivity index (χ2v) is 8.99. The van der Waals surface area contributed by atoms with E-state index >= 15 is 0 Å². The van der Waals surface area contributed by atoms with Crippen molar-refractivity contribution in [1.82, 2.24) is 4.31 Å². The van der Waals surface area contributed by atoms with Gasteiger partial charge in [-0.3, -0.25) is 10.1 Å². The summed E-state index contributed by atoms with van der Waals surface area (Å²) in [5.41, 5.74) is 0.102. The lowest BCUT2D eigenvalue weighted by molar-refractivity contribution is -0.385. The van der Waals surface area contributed by atoms with E-state index in [0.29, 0.717) is 24.9 Å². The number of nitro groups is 1. The van der Waals surface area contributed by atoms with Crippen molar-refractivity contribution in [3.05, 3.63) is 32.8 Å². The van der Waals surface area contributed by atoms with E-state index in [9.17, 15) is 18.5 Å². The standard InChI is InChI=1S/C13H15BrN2O4S/c1-13(2)9-6-15(7-10(9)13)21(19,20)12-4-3-8(16(17)18)5-11(12)14/h3-5,9-10H,6-7H2,1-2H3. The zero-order valence-electron chi connectivity index (χ0n) is 11.6. The summed E-state index contributed by atoms with van der Waals surface area (Å²) < 4.78 is 27.0. The molecule has 1 aromatic rings. The van der Waals surface area contributed by atoms with Gasteiger partial charge < -0.3 is 0 Å². The molecule has 0 N–H and O–H groups in total. The molecule has 0 spiro atoms. The van der Waals surface area contributed by atoms with Gasteiger partial charge in [0.1, 0.15) is 0 Å². The summed E-state index contributed by atoms with van der Waals surface area (Å²) in [6.07, 6.45) is 0. The smallest absolute Gasteiger partial charge is 0.258 e. The molecular weight excluding hydrogens is 360 g/mol. The second kappa shape index (κ2) is 4.50. The summed E-state index contributed by atoms with van der Waals surface area (Å²) in [7, 11) is -3.60. The Hall–Kier alpha value is -0.990. The largest absolute Gasteiger partial charge is 0.270 e. The maximum Gasteiger partial charge on any atom is 0.270 e. The van der Waals surface area contributed by atoms with Crippen LogP contribution in [0.4, 0.5) is 5.69 Å². The van der Waals surface area contributed by atoms with E-state index in [-0.39, 0.29) is 20.5 Å². The van der Waals surface area contributed by atoms with Crippen LogP contribution in [0.5, 0.6) is 0 Å². The van der Waals surface area contributed by atoms with Gasteiger partial charge >= 0.3 is 0 Å². The van der Waals surface area contributed by atoms with Crippen molar-refractivity contribution in [3.8, 4) is 0 Å². The maximum absolute atomic E-state index is 12.6. The summed E-state index contributed by atoms with van der Waals surface area (Å²) in [4.78, 5) is 10.3. The van der Waals surface area contributed by atoms with Gasteiger partial charge in [-0.15, -0.1) is 0 Å². The number of nitrogens with zero attached hydrogens (tertiary/aromatic N) is 2. The number of nitro benzene ring substituents is 1. The van der Waals surface area contributed by atoms with Crippen LogP contribution in [0.3, 0.4) is 0 Å². The highest BCUT2D eigenvalue weighted by Gasteiger charge is 2.63. The van der Waals surface area contributed by atoms with Crippen molar-refractivity contribution >= 4 is 31.6 Å². The van der Waals surface area contributed by atoms with Crippen LogP contribution in [0.1, 0.15) is 13.8 Å². The van der Waals surface area contributed by atoms with Crippen molar-refractivity contribution < 1.29 is 13.3 Å². The first kappa shape index (κ1) is 14.9. The first-order valence-electron chi connectivity index (χ1n) is 6.60. The van der Waals surface area contributed by atoms with Crippen LogP contribution in [0.15, 0.2) is 27.6 Å². The van der Waals surface area contributed by atoms with Crippen LogP contribution in [-0.2, 0) is 10.0 Å². The SMILES string of the molecule is CC1(C)C2CN(S(=O)(=O)c3ccc([N+](=O)[O-])cc3Br)CC21. The molecule has 0 aromatic heterocycles. The summed E-state index contributed by atoms with van der Waals surface area (Å²) in [6.45, 7) is 5.38. The Morgan fingerprint density at radius 1 is 1.33 bits per heavy atom. The fraction of sp³-hybridized carbons (Fsp3) is 0.538. The molecule has 1 aliphatic carbocycles. The average Bonchev–Trinajstić information content (AvgIpc) is 2.79. The lowest BCUT2D eigenvalue weighted by Crippen LogP contribution is -2.33. The molecule has 2 unspecified atom stereocenters. The minimum absolute atomic E-state index is 0.0900. The highest BCUT2D eigenvalue weighted by Crippen LogP contribution is 2.62. The van der Waals surface area contributed by atoms with Crippen LogP contribution in [-0.4, -0.2) is 30.7 Å². The number of non-ortho nitro benzene ring substituents is 1. The van der Waals surface area contributed by atoms with E-state index < -0.39 is 14.9 Å². The first-order valence-corrected chi connectivity index (χ1v) is 8.83. The molecule has 8 heteroatoms. The topological polar surface area (TPSA) is 80.5 Å². The molecule has 2 fully saturated rings. The van der Waals surface area contributed by atoms with Crippen LogP contribution in [0.2, 0.25) is 0 Å². The van der Waals surface area contributed by atoms with Crippen molar-refractivity contribution in [2.75, 3.05) is 13.1 Å². The van der Waals surface area contributed by atoms with Gasteiger partial charge in [-0.1, -0.05) is 13.8 Å². The molecule has 0 amide bonds. The molecule has 114 valence electrons. The van der Waals surface area contributed by atoms with Gasteiger partial charge in [0.05, 0.1) is 9.82 Å². The minimum Gasteiger partial charge on any atom is -0.258 e. The van der Waals surface area contributed by atoms with E-state index in [0.717, 1.165) is 0 Å². The number of hydrogen-bond acceptors (Lipinski definition) is 4. The van der Waals surface area contributed by atoms with E-state index in [1.165, 1.54) is 22.5 Å². The van der Waals surface area contributed by atoms with E-state index in [1.54, 1.807) is 0 Å². The monoisotopic (exact) mass is 374 g/mol. The molecule has 2 aliphatic rings. The van der Waals surface area contributed by atoms with Gasteiger partial charge in [0.2, 0.25) is 10.0 Å². The number of fused-ring (bicyclic) bond motifs is 1. The fourth-order valence-electron chi connectivity index (χ4n) is 3.24.